The SMILES string of the molecule is CC(C#N)N(C)CC1CCCO1. The zero-order valence-electron chi connectivity index (χ0n) is 7.79. The average Bonchev–Trinajstić information content (AvgIpc) is 2.55. The van der Waals surface area contributed by atoms with Gasteiger partial charge in [-0.1, -0.05) is 0 Å². The molecule has 1 saturated heterocycles. The van der Waals surface area contributed by atoms with E-state index in [-0.39, 0.29) is 6.04 Å². The Kier molecular flexibility index (Phi) is 3.51. The highest BCUT2D eigenvalue weighted by Gasteiger charge is 2.19. The molecule has 3 nitrogen and oxygen atoms in total. The zero-order chi connectivity index (χ0) is 8.97. The summed E-state index contributed by atoms with van der Waals surface area (Å²) in [5.41, 5.74) is 0. The van der Waals surface area contributed by atoms with Crippen LogP contribution in [-0.4, -0.2) is 37.2 Å². The van der Waals surface area contributed by atoms with Gasteiger partial charge >= 0.3 is 0 Å². The van der Waals surface area contributed by atoms with Crippen LogP contribution >= 0.6 is 0 Å². The van der Waals surface area contributed by atoms with Crippen LogP contribution < -0.4 is 0 Å². The molecule has 1 heterocycles. The Morgan fingerprint density at radius 3 is 3.00 bits per heavy atom. The van der Waals surface area contributed by atoms with Crippen molar-refractivity contribution in [1.29, 1.82) is 5.26 Å². The van der Waals surface area contributed by atoms with Gasteiger partial charge in [-0.05, 0) is 26.8 Å². The van der Waals surface area contributed by atoms with Crippen LogP contribution in [0.25, 0.3) is 0 Å². The van der Waals surface area contributed by atoms with E-state index in [1.807, 2.05) is 18.9 Å². The number of nitrogens with zero attached hydrogens (tertiary/aromatic N) is 2. The van der Waals surface area contributed by atoms with E-state index >= 15 is 0 Å². The summed E-state index contributed by atoms with van der Waals surface area (Å²) in [6.07, 6.45) is 2.66. The van der Waals surface area contributed by atoms with Crippen molar-refractivity contribution < 1.29 is 4.74 Å². The summed E-state index contributed by atoms with van der Waals surface area (Å²) in [4.78, 5) is 2.04. The van der Waals surface area contributed by atoms with Gasteiger partial charge in [0.05, 0.1) is 18.2 Å². The van der Waals surface area contributed by atoms with Crippen LogP contribution in [0.2, 0.25) is 0 Å². The van der Waals surface area contributed by atoms with Crippen LogP contribution in [-0.2, 0) is 4.74 Å². The summed E-state index contributed by atoms with van der Waals surface area (Å²) in [5.74, 6) is 0. The molecule has 3 heteroatoms. The van der Waals surface area contributed by atoms with Crippen molar-refractivity contribution in [3.05, 3.63) is 0 Å². The van der Waals surface area contributed by atoms with Crippen molar-refractivity contribution >= 4 is 0 Å². The van der Waals surface area contributed by atoms with Crippen LogP contribution in [0.4, 0.5) is 0 Å². The molecule has 2 unspecified atom stereocenters. The Bertz CT molecular complexity index is 170. The molecule has 1 fully saturated rings. The summed E-state index contributed by atoms with van der Waals surface area (Å²) < 4.78 is 5.47. The molecule has 0 aromatic rings. The fourth-order valence-electron chi connectivity index (χ4n) is 1.37. The van der Waals surface area contributed by atoms with Crippen LogP contribution in [0.1, 0.15) is 19.8 Å². The predicted molar refractivity (Wildman–Crippen MR) is 46.7 cm³/mol. The number of likely N-dealkylation sites (N-methyl/N-ethyl adjacent to an activating group) is 1. The van der Waals surface area contributed by atoms with Gasteiger partial charge in [-0.25, -0.2) is 0 Å². The van der Waals surface area contributed by atoms with E-state index in [1.165, 1.54) is 6.42 Å². The largest absolute Gasteiger partial charge is 0.377 e. The molecule has 1 aliphatic heterocycles. The molecule has 1 aliphatic rings. The van der Waals surface area contributed by atoms with E-state index in [2.05, 4.69) is 6.07 Å². The molecule has 0 saturated carbocycles. The fourth-order valence-corrected chi connectivity index (χ4v) is 1.37. The first-order valence-corrected chi connectivity index (χ1v) is 4.45. The van der Waals surface area contributed by atoms with Crippen LogP contribution in [0.3, 0.4) is 0 Å². The minimum atomic E-state index is -0.00537. The Morgan fingerprint density at radius 2 is 2.50 bits per heavy atom. The average molecular weight is 168 g/mol. The molecule has 2 atom stereocenters. The molecule has 1 rings (SSSR count). The number of ether oxygens (including phenoxy) is 1. The van der Waals surface area contributed by atoms with Gasteiger partial charge in [0.1, 0.15) is 0 Å². The molecule has 68 valence electrons. The maximum absolute atomic E-state index is 8.65. The van der Waals surface area contributed by atoms with E-state index in [4.69, 9.17) is 10.00 Å². The second kappa shape index (κ2) is 4.44. The minimum absolute atomic E-state index is 0.00537. The minimum Gasteiger partial charge on any atom is -0.377 e. The molecular weight excluding hydrogens is 152 g/mol. The van der Waals surface area contributed by atoms with E-state index in [0.717, 1.165) is 19.6 Å². The molecule has 0 N–H and O–H groups in total. The number of nitriles is 1. The highest BCUT2D eigenvalue weighted by Crippen LogP contribution is 2.13. The van der Waals surface area contributed by atoms with Gasteiger partial charge in [-0.15, -0.1) is 0 Å². The Balaban J connectivity index is 2.25. The van der Waals surface area contributed by atoms with Crippen molar-refractivity contribution in [3.63, 3.8) is 0 Å². The molecular formula is C9H16N2O. The third-order valence-electron chi connectivity index (χ3n) is 2.36. The highest BCUT2D eigenvalue weighted by atomic mass is 16.5. The van der Waals surface area contributed by atoms with Crippen molar-refractivity contribution in [2.45, 2.75) is 31.9 Å². The van der Waals surface area contributed by atoms with Crippen molar-refractivity contribution in [3.8, 4) is 6.07 Å². The van der Waals surface area contributed by atoms with Crippen LogP contribution in [0, 0.1) is 11.3 Å². The van der Waals surface area contributed by atoms with Gasteiger partial charge in [0, 0.05) is 13.2 Å². The molecule has 0 aliphatic carbocycles. The van der Waals surface area contributed by atoms with Gasteiger partial charge in [0.2, 0.25) is 0 Å². The maximum Gasteiger partial charge on any atom is 0.0947 e. The summed E-state index contributed by atoms with van der Waals surface area (Å²) >= 11 is 0. The monoisotopic (exact) mass is 168 g/mol. The van der Waals surface area contributed by atoms with Crippen LogP contribution in [0.5, 0.6) is 0 Å². The highest BCUT2D eigenvalue weighted by molar-refractivity contribution is 4.87. The molecule has 0 aromatic heterocycles. The first-order valence-electron chi connectivity index (χ1n) is 4.45. The Hall–Kier alpha value is -0.590. The van der Waals surface area contributed by atoms with Gasteiger partial charge < -0.3 is 4.74 Å². The lowest BCUT2D eigenvalue weighted by molar-refractivity contribution is 0.0767. The van der Waals surface area contributed by atoms with Gasteiger partial charge in [-0.3, -0.25) is 4.90 Å². The molecule has 0 bridgehead atoms. The number of rotatable bonds is 3. The zero-order valence-corrected chi connectivity index (χ0v) is 7.79. The lowest BCUT2D eigenvalue weighted by Gasteiger charge is -2.22. The van der Waals surface area contributed by atoms with E-state index in [0.29, 0.717) is 6.10 Å². The smallest absolute Gasteiger partial charge is 0.0947 e. The van der Waals surface area contributed by atoms with Gasteiger partial charge in [-0.2, -0.15) is 5.26 Å². The summed E-state index contributed by atoms with van der Waals surface area (Å²) in [5, 5.41) is 8.65. The normalized spacial score (nSPS) is 25.7. The third kappa shape index (κ3) is 2.47. The molecule has 0 amide bonds. The Labute approximate surface area is 73.9 Å². The second-order valence-corrected chi connectivity index (χ2v) is 3.38. The summed E-state index contributed by atoms with van der Waals surface area (Å²) in [6.45, 7) is 3.68. The molecule has 0 aromatic carbocycles. The Morgan fingerprint density at radius 1 is 1.75 bits per heavy atom. The quantitative estimate of drug-likeness (QED) is 0.631. The van der Waals surface area contributed by atoms with Crippen molar-refractivity contribution in [1.82, 2.24) is 4.90 Å². The van der Waals surface area contributed by atoms with Crippen molar-refractivity contribution in [2.75, 3.05) is 20.2 Å². The van der Waals surface area contributed by atoms with E-state index in [1.54, 1.807) is 0 Å². The first kappa shape index (κ1) is 9.50. The lowest BCUT2D eigenvalue weighted by atomic mass is 10.2. The molecule has 12 heavy (non-hydrogen) atoms. The van der Waals surface area contributed by atoms with Gasteiger partial charge in [0.15, 0.2) is 0 Å². The van der Waals surface area contributed by atoms with Gasteiger partial charge in [0.25, 0.3) is 0 Å². The number of hydrogen-bond donors (Lipinski definition) is 0. The standard InChI is InChI=1S/C9H16N2O/c1-8(6-10)11(2)7-9-4-3-5-12-9/h8-9H,3-5,7H2,1-2H3. The fraction of sp³-hybridized carbons (Fsp3) is 0.889. The van der Waals surface area contributed by atoms with E-state index in [9.17, 15) is 0 Å². The van der Waals surface area contributed by atoms with Crippen molar-refractivity contribution in [2.24, 2.45) is 0 Å². The summed E-state index contributed by atoms with van der Waals surface area (Å²) in [6, 6.07) is 2.20. The predicted octanol–water partition coefficient (Wildman–Crippen LogP) is 1.01. The molecule has 0 radical (unpaired) electrons. The summed E-state index contributed by atoms with van der Waals surface area (Å²) in [7, 11) is 1.97. The topological polar surface area (TPSA) is 36.3 Å². The van der Waals surface area contributed by atoms with E-state index < -0.39 is 0 Å². The third-order valence-corrected chi connectivity index (χ3v) is 2.36. The maximum atomic E-state index is 8.65. The number of hydrogen-bond acceptors (Lipinski definition) is 3. The molecule has 0 spiro atoms. The van der Waals surface area contributed by atoms with Crippen LogP contribution in [0.15, 0.2) is 0 Å². The first-order chi connectivity index (χ1) is 5.74. The second-order valence-electron chi connectivity index (χ2n) is 3.38. The lowest BCUT2D eigenvalue weighted by Crippen LogP contribution is -2.34.